The van der Waals surface area contributed by atoms with E-state index in [1.807, 2.05) is 62.4 Å². The van der Waals surface area contributed by atoms with E-state index in [1.54, 1.807) is 43.5 Å². The lowest BCUT2D eigenvalue weighted by Gasteiger charge is -2.24. The fourth-order valence-electron chi connectivity index (χ4n) is 5.35. The first kappa shape index (κ1) is 35.6. The number of hydrogen-bond donors (Lipinski definition) is 0. The molecule has 0 aliphatic carbocycles. The summed E-state index contributed by atoms with van der Waals surface area (Å²) in [6.07, 6.45) is 1.77. The number of aromatic nitrogens is 1. The second kappa shape index (κ2) is 16.1. The fraction of sp³-hybridized carbons (Fsp3) is 0.297. The number of benzene rings is 3. The van der Waals surface area contributed by atoms with E-state index in [0.717, 1.165) is 11.1 Å². The van der Waals surface area contributed by atoms with Crippen LogP contribution in [-0.2, 0) is 20.9 Å². The van der Waals surface area contributed by atoms with Gasteiger partial charge in [0.15, 0.2) is 16.3 Å². The molecule has 49 heavy (non-hydrogen) atoms. The summed E-state index contributed by atoms with van der Waals surface area (Å²) >= 11 is 4.87. The molecular weight excluding hydrogens is 712 g/mol. The maximum absolute atomic E-state index is 14.1. The van der Waals surface area contributed by atoms with Crippen LogP contribution in [0.4, 0.5) is 0 Å². The van der Waals surface area contributed by atoms with Gasteiger partial charge in [-0.25, -0.2) is 14.6 Å². The highest BCUT2D eigenvalue weighted by molar-refractivity contribution is 9.10. The van der Waals surface area contributed by atoms with Crippen LogP contribution in [0.2, 0.25) is 0 Å². The van der Waals surface area contributed by atoms with Gasteiger partial charge in [-0.15, -0.1) is 0 Å². The predicted molar refractivity (Wildman–Crippen MR) is 190 cm³/mol. The lowest BCUT2D eigenvalue weighted by atomic mass is 9.96. The number of nitrogens with zero attached hydrogens (tertiary/aromatic N) is 2. The van der Waals surface area contributed by atoms with Gasteiger partial charge >= 0.3 is 11.9 Å². The average molecular weight is 750 g/mol. The Bertz CT molecular complexity index is 2050. The SMILES string of the molecule is CCOC(=O)C1=C(C)N=c2s/c(=C\c3cc(Br)c(OCc4ccc(C(=O)OCC)cc4)c(OCC)c3)c(=O)n2[C@H]1c1ccc(OCC)cc1. The Kier molecular flexibility index (Phi) is 11.7. The largest absolute Gasteiger partial charge is 0.494 e. The molecule has 3 aromatic carbocycles. The number of halogens is 1. The monoisotopic (exact) mass is 748 g/mol. The molecule has 0 fully saturated rings. The molecule has 0 unspecified atom stereocenters. The van der Waals surface area contributed by atoms with Gasteiger partial charge in [0.25, 0.3) is 5.56 Å². The molecule has 0 bridgehead atoms. The third kappa shape index (κ3) is 7.97. The third-order valence-corrected chi connectivity index (χ3v) is 9.07. The molecule has 1 aromatic heterocycles. The van der Waals surface area contributed by atoms with E-state index in [2.05, 4.69) is 20.9 Å². The molecule has 0 saturated carbocycles. The molecule has 1 aliphatic heterocycles. The second-order valence-corrected chi connectivity index (χ2v) is 12.6. The molecule has 1 aliphatic rings. The van der Waals surface area contributed by atoms with E-state index in [1.165, 1.54) is 11.3 Å². The van der Waals surface area contributed by atoms with Gasteiger partial charge in [0.1, 0.15) is 12.4 Å². The van der Waals surface area contributed by atoms with Gasteiger partial charge in [-0.3, -0.25) is 9.36 Å². The number of rotatable bonds is 13. The zero-order valence-corrected chi connectivity index (χ0v) is 30.3. The van der Waals surface area contributed by atoms with Gasteiger partial charge in [-0.05, 0) is 110 Å². The van der Waals surface area contributed by atoms with Gasteiger partial charge < -0.3 is 23.7 Å². The Morgan fingerprint density at radius 1 is 0.878 bits per heavy atom. The molecule has 0 amide bonds. The predicted octanol–water partition coefficient (Wildman–Crippen LogP) is 6.11. The van der Waals surface area contributed by atoms with Crippen LogP contribution < -0.4 is 29.1 Å². The lowest BCUT2D eigenvalue weighted by molar-refractivity contribution is -0.139. The van der Waals surface area contributed by atoms with E-state index < -0.39 is 12.0 Å². The number of esters is 2. The smallest absolute Gasteiger partial charge is 0.338 e. The normalized spacial score (nSPS) is 14.2. The van der Waals surface area contributed by atoms with E-state index in [4.69, 9.17) is 23.7 Å². The minimum absolute atomic E-state index is 0.189. The highest BCUT2D eigenvalue weighted by Gasteiger charge is 2.33. The van der Waals surface area contributed by atoms with Crippen molar-refractivity contribution in [2.45, 2.75) is 47.3 Å². The number of thiazole rings is 1. The molecule has 4 aromatic rings. The Balaban J connectivity index is 1.51. The van der Waals surface area contributed by atoms with Crippen molar-refractivity contribution < 1.29 is 33.3 Å². The summed E-state index contributed by atoms with van der Waals surface area (Å²) in [6.45, 7) is 10.7. The molecule has 5 rings (SSSR count). The quantitative estimate of drug-likeness (QED) is 0.151. The van der Waals surface area contributed by atoms with Crippen molar-refractivity contribution in [3.63, 3.8) is 0 Å². The summed E-state index contributed by atoms with van der Waals surface area (Å²) in [4.78, 5) is 44.5. The van der Waals surface area contributed by atoms with Gasteiger partial charge in [-0.1, -0.05) is 35.6 Å². The summed E-state index contributed by atoms with van der Waals surface area (Å²) in [5, 5.41) is 0. The topological polar surface area (TPSA) is 115 Å². The zero-order chi connectivity index (χ0) is 35.1. The van der Waals surface area contributed by atoms with Crippen LogP contribution >= 0.6 is 27.3 Å². The maximum Gasteiger partial charge on any atom is 0.338 e. The van der Waals surface area contributed by atoms with E-state index in [9.17, 15) is 14.4 Å². The number of hydrogen-bond acceptors (Lipinski definition) is 10. The molecular formula is C37H37BrN2O8S. The number of ether oxygens (including phenoxy) is 5. The number of allylic oxidation sites excluding steroid dienone is 1. The van der Waals surface area contributed by atoms with Gasteiger partial charge in [-0.2, -0.15) is 0 Å². The Morgan fingerprint density at radius 2 is 1.55 bits per heavy atom. The molecule has 12 heteroatoms. The van der Waals surface area contributed by atoms with Crippen molar-refractivity contribution in [2.75, 3.05) is 26.4 Å². The lowest BCUT2D eigenvalue weighted by Crippen LogP contribution is -2.39. The molecule has 0 N–H and O–H groups in total. The number of fused-ring (bicyclic) bond motifs is 1. The van der Waals surface area contributed by atoms with Crippen molar-refractivity contribution in [2.24, 2.45) is 4.99 Å². The van der Waals surface area contributed by atoms with Crippen LogP contribution in [0.3, 0.4) is 0 Å². The van der Waals surface area contributed by atoms with Gasteiger partial charge in [0, 0.05) is 0 Å². The average Bonchev–Trinajstić information content (AvgIpc) is 3.38. The highest BCUT2D eigenvalue weighted by atomic mass is 79.9. The van der Waals surface area contributed by atoms with Crippen LogP contribution in [0, 0.1) is 0 Å². The molecule has 0 radical (unpaired) electrons. The first-order chi connectivity index (χ1) is 23.7. The number of carbonyl (C=O) groups excluding carboxylic acids is 2. The highest BCUT2D eigenvalue weighted by Crippen LogP contribution is 2.38. The zero-order valence-electron chi connectivity index (χ0n) is 27.9. The van der Waals surface area contributed by atoms with Gasteiger partial charge in [0.2, 0.25) is 0 Å². The van der Waals surface area contributed by atoms with Crippen LogP contribution in [-0.4, -0.2) is 42.9 Å². The second-order valence-electron chi connectivity index (χ2n) is 10.8. The summed E-state index contributed by atoms with van der Waals surface area (Å²) in [5.74, 6) is 0.785. The van der Waals surface area contributed by atoms with E-state index in [0.29, 0.717) is 73.3 Å². The first-order valence-corrected chi connectivity index (χ1v) is 17.6. The maximum atomic E-state index is 14.1. The molecule has 1 atom stereocenters. The van der Waals surface area contributed by atoms with Gasteiger partial charge in [0.05, 0.1) is 58.3 Å². The van der Waals surface area contributed by atoms with Crippen molar-refractivity contribution in [3.05, 3.63) is 118 Å². The minimum atomic E-state index is -0.735. The number of carbonyl (C=O) groups is 2. The van der Waals surface area contributed by atoms with Crippen molar-refractivity contribution in [1.29, 1.82) is 0 Å². The molecule has 0 saturated heterocycles. The third-order valence-electron chi connectivity index (χ3n) is 7.50. The summed E-state index contributed by atoms with van der Waals surface area (Å²) in [7, 11) is 0. The summed E-state index contributed by atoms with van der Waals surface area (Å²) < 4.78 is 30.8. The van der Waals surface area contributed by atoms with Crippen LogP contribution in [0.5, 0.6) is 17.2 Å². The van der Waals surface area contributed by atoms with Crippen molar-refractivity contribution in [1.82, 2.24) is 4.57 Å². The Labute approximate surface area is 296 Å². The van der Waals surface area contributed by atoms with Crippen LogP contribution in [0.15, 0.2) is 86.2 Å². The summed E-state index contributed by atoms with van der Waals surface area (Å²) in [5.41, 5.74) is 3.25. The standard InChI is InChI=1S/C37H37BrN2O8S/c1-6-44-27-16-14-25(15-17-27)32-31(36(43)47-9-4)22(5)39-37-40(32)34(41)30(49-37)20-24-18-28(38)33(29(19-24)45-7-2)48-21-23-10-12-26(13-11-23)35(42)46-8-3/h10-20,32H,6-9,21H2,1-5H3/b30-20-/t32-/m0/s1. The van der Waals surface area contributed by atoms with E-state index >= 15 is 0 Å². The summed E-state index contributed by atoms with van der Waals surface area (Å²) in [6, 6.07) is 17.3. The first-order valence-electron chi connectivity index (χ1n) is 16.0. The molecule has 10 nitrogen and oxygen atoms in total. The van der Waals surface area contributed by atoms with Crippen LogP contribution in [0.1, 0.15) is 67.7 Å². The van der Waals surface area contributed by atoms with Crippen molar-refractivity contribution in [3.8, 4) is 17.2 Å². The molecule has 0 spiro atoms. The van der Waals surface area contributed by atoms with Crippen LogP contribution in [0.25, 0.3) is 6.08 Å². The minimum Gasteiger partial charge on any atom is -0.494 e. The van der Waals surface area contributed by atoms with Crippen molar-refractivity contribution >= 4 is 45.3 Å². The molecule has 2 heterocycles. The Hall–Kier alpha value is -4.68. The fourth-order valence-corrected chi connectivity index (χ4v) is 6.97. The van der Waals surface area contributed by atoms with E-state index in [-0.39, 0.29) is 24.7 Å². The Morgan fingerprint density at radius 3 is 2.20 bits per heavy atom. The molecule has 256 valence electrons.